The number of rotatable bonds is 4. The number of sulfonamides is 1. The van der Waals surface area contributed by atoms with Crippen molar-refractivity contribution < 1.29 is 8.42 Å². The number of para-hydroxylation sites is 1. The van der Waals surface area contributed by atoms with E-state index >= 15 is 0 Å². The quantitative estimate of drug-likeness (QED) is 0.942. The minimum atomic E-state index is -3.51. The van der Waals surface area contributed by atoms with E-state index < -0.39 is 10.0 Å². The maximum atomic E-state index is 12.5. The minimum absolute atomic E-state index is 0.318. The van der Waals surface area contributed by atoms with Gasteiger partial charge in [0.1, 0.15) is 4.21 Å². The van der Waals surface area contributed by atoms with E-state index in [0.29, 0.717) is 16.4 Å². The normalized spacial score (nSPS) is 11.5. The Morgan fingerprint density at radius 2 is 1.89 bits per heavy atom. The number of anilines is 1. The summed E-state index contributed by atoms with van der Waals surface area (Å²) in [5.74, 6) is 0. The summed E-state index contributed by atoms with van der Waals surface area (Å²) in [6, 6.07) is 10.8. The average Bonchev–Trinajstić information content (AvgIpc) is 2.88. The highest BCUT2D eigenvalue weighted by Gasteiger charge is 2.23. The van der Waals surface area contributed by atoms with Gasteiger partial charge < -0.3 is 5.73 Å². The molecule has 0 bridgehead atoms. The number of aryl methyl sites for hydroxylation is 1. The van der Waals surface area contributed by atoms with Crippen molar-refractivity contribution in [1.29, 1.82) is 0 Å². The van der Waals surface area contributed by atoms with E-state index in [1.165, 1.54) is 15.6 Å². The molecule has 0 saturated carbocycles. The van der Waals surface area contributed by atoms with Gasteiger partial charge in [0, 0.05) is 18.5 Å². The highest BCUT2D eigenvalue weighted by molar-refractivity contribution is 7.94. The van der Waals surface area contributed by atoms with Gasteiger partial charge in [-0.15, -0.1) is 11.3 Å². The van der Waals surface area contributed by atoms with E-state index in [0.717, 1.165) is 10.4 Å². The molecular formula is C13H16N2O2S2. The molecule has 0 aliphatic rings. The van der Waals surface area contributed by atoms with Gasteiger partial charge in [0.2, 0.25) is 0 Å². The van der Waals surface area contributed by atoms with Crippen LogP contribution in [0.5, 0.6) is 0 Å². The predicted octanol–water partition coefficient (Wildman–Crippen LogP) is 2.34. The second-order valence-electron chi connectivity index (χ2n) is 4.18. The molecule has 1 aromatic carbocycles. The molecule has 0 aliphatic heterocycles. The number of thiophene rings is 1. The Labute approximate surface area is 117 Å². The van der Waals surface area contributed by atoms with Crippen LogP contribution in [-0.4, -0.2) is 15.5 Å². The van der Waals surface area contributed by atoms with Crippen molar-refractivity contribution in [2.45, 2.75) is 17.7 Å². The summed E-state index contributed by atoms with van der Waals surface area (Å²) in [6.45, 7) is 2.25. The summed E-state index contributed by atoms with van der Waals surface area (Å²) in [5, 5.41) is 0. The summed E-state index contributed by atoms with van der Waals surface area (Å²) < 4.78 is 26.7. The lowest BCUT2D eigenvalue weighted by Crippen LogP contribution is -2.26. The van der Waals surface area contributed by atoms with Gasteiger partial charge in [0.15, 0.2) is 0 Å². The molecular weight excluding hydrogens is 280 g/mol. The van der Waals surface area contributed by atoms with Crippen LogP contribution in [0.15, 0.2) is 40.6 Å². The van der Waals surface area contributed by atoms with Crippen molar-refractivity contribution in [2.75, 3.05) is 11.4 Å². The Kier molecular flexibility index (Phi) is 3.93. The van der Waals surface area contributed by atoms with Gasteiger partial charge in [-0.05, 0) is 30.7 Å². The number of benzene rings is 1. The van der Waals surface area contributed by atoms with Gasteiger partial charge in [0.05, 0.1) is 5.69 Å². The Hall–Kier alpha value is -1.37. The third kappa shape index (κ3) is 2.65. The van der Waals surface area contributed by atoms with Crippen molar-refractivity contribution >= 4 is 27.0 Å². The van der Waals surface area contributed by atoms with Crippen molar-refractivity contribution in [1.82, 2.24) is 0 Å². The van der Waals surface area contributed by atoms with Crippen LogP contribution in [0.2, 0.25) is 0 Å². The Balaban J connectivity index is 2.42. The number of nitrogens with two attached hydrogens (primary N) is 1. The minimum Gasteiger partial charge on any atom is -0.326 e. The molecule has 0 amide bonds. The first-order valence-electron chi connectivity index (χ1n) is 5.80. The molecule has 6 heteroatoms. The van der Waals surface area contributed by atoms with Crippen molar-refractivity contribution in [2.24, 2.45) is 5.73 Å². The van der Waals surface area contributed by atoms with Gasteiger partial charge in [-0.1, -0.05) is 18.2 Å². The molecule has 0 saturated heterocycles. The third-order valence-corrected chi connectivity index (χ3v) is 6.25. The van der Waals surface area contributed by atoms with Crippen LogP contribution in [-0.2, 0) is 16.6 Å². The third-order valence-electron chi connectivity index (χ3n) is 2.91. The molecule has 0 fully saturated rings. The molecule has 19 heavy (non-hydrogen) atoms. The zero-order valence-electron chi connectivity index (χ0n) is 10.8. The SMILES string of the molecule is Cc1ccccc1N(C)S(=O)(=O)c1ccc(CN)s1. The van der Waals surface area contributed by atoms with Crippen LogP contribution >= 0.6 is 11.3 Å². The fourth-order valence-corrected chi connectivity index (χ4v) is 4.45. The summed E-state index contributed by atoms with van der Waals surface area (Å²) in [5.41, 5.74) is 7.13. The fraction of sp³-hybridized carbons (Fsp3) is 0.231. The highest BCUT2D eigenvalue weighted by atomic mass is 32.2. The van der Waals surface area contributed by atoms with Crippen LogP contribution in [0, 0.1) is 6.92 Å². The van der Waals surface area contributed by atoms with Gasteiger partial charge >= 0.3 is 0 Å². The molecule has 4 nitrogen and oxygen atoms in total. The van der Waals surface area contributed by atoms with E-state index in [2.05, 4.69) is 0 Å². The topological polar surface area (TPSA) is 63.4 Å². The summed E-state index contributed by atoms with van der Waals surface area (Å²) in [7, 11) is -1.94. The van der Waals surface area contributed by atoms with Gasteiger partial charge in [-0.2, -0.15) is 0 Å². The molecule has 1 heterocycles. The zero-order valence-corrected chi connectivity index (χ0v) is 12.5. The molecule has 2 N–H and O–H groups in total. The van der Waals surface area contributed by atoms with Crippen LogP contribution in [0.4, 0.5) is 5.69 Å². The Morgan fingerprint density at radius 1 is 1.21 bits per heavy atom. The predicted molar refractivity (Wildman–Crippen MR) is 79.0 cm³/mol. The summed E-state index contributed by atoms with van der Waals surface area (Å²) in [4.78, 5) is 0.858. The number of hydrogen-bond donors (Lipinski definition) is 1. The van der Waals surface area contributed by atoms with Crippen LogP contribution in [0.25, 0.3) is 0 Å². The van der Waals surface area contributed by atoms with E-state index in [-0.39, 0.29) is 0 Å². The van der Waals surface area contributed by atoms with Crippen LogP contribution in [0.1, 0.15) is 10.4 Å². The van der Waals surface area contributed by atoms with Gasteiger partial charge in [-0.3, -0.25) is 4.31 Å². The first kappa shape index (κ1) is 14.0. The molecule has 102 valence electrons. The average molecular weight is 296 g/mol. The Bertz CT molecular complexity index is 677. The van der Waals surface area contributed by atoms with Crippen molar-refractivity contribution in [3.05, 3.63) is 46.8 Å². The Morgan fingerprint density at radius 3 is 2.47 bits per heavy atom. The summed E-state index contributed by atoms with van der Waals surface area (Å²) >= 11 is 1.21. The van der Waals surface area contributed by atoms with Gasteiger partial charge in [-0.25, -0.2) is 8.42 Å². The molecule has 2 aromatic rings. The second-order valence-corrected chi connectivity index (χ2v) is 7.55. The lowest BCUT2D eigenvalue weighted by Gasteiger charge is -2.20. The molecule has 0 unspecified atom stereocenters. The van der Waals surface area contributed by atoms with Crippen molar-refractivity contribution in [3.8, 4) is 0 Å². The van der Waals surface area contributed by atoms with Crippen LogP contribution in [0.3, 0.4) is 0 Å². The maximum Gasteiger partial charge on any atom is 0.273 e. The maximum absolute atomic E-state index is 12.5. The van der Waals surface area contributed by atoms with Gasteiger partial charge in [0.25, 0.3) is 10.0 Å². The smallest absolute Gasteiger partial charge is 0.273 e. The van der Waals surface area contributed by atoms with E-state index in [4.69, 9.17) is 5.73 Å². The molecule has 0 aliphatic carbocycles. The molecule has 1 aromatic heterocycles. The molecule has 0 radical (unpaired) electrons. The molecule has 0 atom stereocenters. The first-order valence-corrected chi connectivity index (χ1v) is 8.06. The van der Waals surface area contributed by atoms with E-state index in [9.17, 15) is 8.42 Å². The highest BCUT2D eigenvalue weighted by Crippen LogP contribution is 2.28. The fourth-order valence-electron chi connectivity index (χ4n) is 1.79. The largest absolute Gasteiger partial charge is 0.326 e. The molecule has 2 rings (SSSR count). The lowest BCUT2D eigenvalue weighted by molar-refractivity contribution is 0.596. The van der Waals surface area contributed by atoms with Crippen LogP contribution < -0.4 is 10.0 Å². The van der Waals surface area contributed by atoms with Crippen molar-refractivity contribution in [3.63, 3.8) is 0 Å². The van der Waals surface area contributed by atoms with E-state index in [1.807, 2.05) is 25.1 Å². The van der Waals surface area contributed by atoms with E-state index in [1.54, 1.807) is 25.2 Å². The standard InChI is InChI=1S/C13H16N2O2S2/c1-10-5-3-4-6-12(10)15(2)19(16,17)13-8-7-11(9-14)18-13/h3-8H,9,14H2,1-2H3. The monoisotopic (exact) mass is 296 g/mol. The lowest BCUT2D eigenvalue weighted by atomic mass is 10.2. The number of nitrogens with zero attached hydrogens (tertiary/aromatic N) is 1. The number of hydrogen-bond acceptors (Lipinski definition) is 4. The second kappa shape index (κ2) is 5.32. The zero-order chi connectivity index (χ0) is 14.0. The molecule has 0 spiro atoms. The summed E-state index contributed by atoms with van der Waals surface area (Å²) in [6.07, 6.45) is 0. The first-order chi connectivity index (χ1) is 8.96.